The summed E-state index contributed by atoms with van der Waals surface area (Å²) in [4.78, 5) is 8.28. The molecule has 0 unspecified atom stereocenters. The number of thiazole rings is 1. The fourth-order valence-electron chi connectivity index (χ4n) is 2.09. The van der Waals surface area contributed by atoms with Gasteiger partial charge in [0.15, 0.2) is 5.13 Å². The summed E-state index contributed by atoms with van der Waals surface area (Å²) in [7, 11) is 0. The van der Waals surface area contributed by atoms with Crippen LogP contribution in [0.4, 0.5) is 5.13 Å². The van der Waals surface area contributed by atoms with Crippen LogP contribution >= 0.6 is 11.3 Å². The first-order valence-corrected chi connectivity index (χ1v) is 7.61. The van der Waals surface area contributed by atoms with Crippen molar-refractivity contribution >= 4 is 16.5 Å². The van der Waals surface area contributed by atoms with Crippen LogP contribution in [0.25, 0.3) is 11.3 Å². The summed E-state index contributed by atoms with van der Waals surface area (Å²) in [6.07, 6.45) is 1.13. The Bertz CT molecular complexity index is 507. The maximum Gasteiger partial charge on any atom is 0.186 e. The highest BCUT2D eigenvalue weighted by atomic mass is 32.1. The minimum Gasteiger partial charge on any atom is -0.348 e. The lowest BCUT2D eigenvalue weighted by molar-refractivity contribution is 0.788. The largest absolute Gasteiger partial charge is 0.348 e. The Morgan fingerprint density at radius 1 is 1.21 bits per heavy atom. The van der Waals surface area contributed by atoms with Gasteiger partial charge in [-0.05, 0) is 13.3 Å². The van der Waals surface area contributed by atoms with Gasteiger partial charge in [0.25, 0.3) is 0 Å². The normalized spacial score (nSPS) is 10.7. The Labute approximate surface area is 119 Å². The predicted molar refractivity (Wildman–Crippen MR) is 83.6 cm³/mol. The zero-order valence-corrected chi connectivity index (χ0v) is 12.4. The quantitative estimate of drug-likeness (QED) is 0.877. The van der Waals surface area contributed by atoms with Crippen molar-refractivity contribution in [3.63, 3.8) is 0 Å². The van der Waals surface area contributed by atoms with Crippen LogP contribution in [0.5, 0.6) is 0 Å². The van der Waals surface area contributed by atoms with Gasteiger partial charge in [0.05, 0.1) is 5.69 Å². The molecule has 0 saturated heterocycles. The molecule has 2 aromatic rings. The number of nitrogens with zero attached hydrogens (tertiary/aromatic N) is 2. The van der Waals surface area contributed by atoms with Crippen LogP contribution in [0.2, 0.25) is 0 Å². The second kappa shape index (κ2) is 6.68. The highest BCUT2D eigenvalue weighted by molar-refractivity contribution is 7.16. The number of aromatic nitrogens is 1. The summed E-state index contributed by atoms with van der Waals surface area (Å²) in [5.41, 5.74) is 8.06. The lowest BCUT2D eigenvalue weighted by Gasteiger charge is -2.18. The van der Waals surface area contributed by atoms with E-state index in [-0.39, 0.29) is 0 Å². The van der Waals surface area contributed by atoms with Crippen molar-refractivity contribution in [2.75, 3.05) is 18.0 Å². The Balaban J connectivity index is 2.37. The SMILES string of the molecule is CCCN(CC)c1nc(-c2ccccc2)c(CN)s1. The highest BCUT2D eigenvalue weighted by Gasteiger charge is 2.15. The molecule has 0 saturated carbocycles. The number of hydrogen-bond donors (Lipinski definition) is 1. The molecule has 2 N–H and O–H groups in total. The summed E-state index contributed by atoms with van der Waals surface area (Å²) < 4.78 is 0. The van der Waals surface area contributed by atoms with Gasteiger partial charge in [0, 0.05) is 30.1 Å². The van der Waals surface area contributed by atoms with Crippen LogP contribution in [0.1, 0.15) is 25.1 Å². The average molecular weight is 275 g/mol. The van der Waals surface area contributed by atoms with Crippen LogP contribution in [0.15, 0.2) is 30.3 Å². The molecule has 0 fully saturated rings. The van der Waals surface area contributed by atoms with E-state index in [0.29, 0.717) is 6.54 Å². The van der Waals surface area contributed by atoms with Crippen LogP contribution in [0.3, 0.4) is 0 Å². The second-order valence-corrected chi connectivity index (χ2v) is 5.48. The smallest absolute Gasteiger partial charge is 0.186 e. The van der Waals surface area contributed by atoms with Gasteiger partial charge >= 0.3 is 0 Å². The van der Waals surface area contributed by atoms with E-state index >= 15 is 0 Å². The summed E-state index contributed by atoms with van der Waals surface area (Å²) in [5.74, 6) is 0. The van der Waals surface area contributed by atoms with Crippen molar-refractivity contribution in [2.24, 2.45) is 5.73 Å². The van der Waals surface area contributed by atoms with E-state index in [9.17, 15) is 0 Å². The zero-order chi connectivity index (χ0) is 13.7. The Morgan fingerprint density at radius 3 is 2.53 bits per heavy atom. The van der Waals surface area contributed by atoms with Crippen molar-refractivity contribution in [3.8, 4) is 11.3 Å². The molecule has 0 amide bonds. The van der Waals surface area contributed by atoms with E-state index in [1.165, 1.54) is 0 Å². The molecule has 4 heteroatoms. The highest BCUT2D eigenvalue weighted by Crippen LogP contribution is 2.32. The first-order chi connectivity index (χ1) is 9.30. The summed E-state index contributed by atoms with van der Waals surface area (Å²) in [6.45, 7) is 6.94. The Morgan fingerprint density at radius 2 is 1.95 bits per heavy atom. The van der Waals surface area contributed by atoms with Crippen molar-refractivity contribution < 1.29 is 0 Å². The molecular formula is C15H21N3S. The third kappa shape index (κ3) is 3.14. The topological polar surface area (TPSA) is 42.2 Å². The van der Waals surface area contributed by atoms with E-state index in [2.05, 4.69) is 30.9 Å². The van der Waals surface area contributed by atoms with Gasteiger partial charge in [-0.1, -0.05) is 48.6 Å². The Hall–Kier alpha value is -1.39. The molecule has 0 radical (unpaired) electrons. The molecule has 0 bridgehead atoms. The fraction of sp³-hybridized carbons (Fsp3) is 0.400. The van der Waals surface area contributed by atoms with Crippen molar-refractivity contribution in [3.05, 3.63) is 35.2 Å². The van der Waals surface area contributed by atoms with Crippen LogP contribution in [-0.2, 0) is 6.54 Å². The summed E-state index contributed by atoms with van der Waals surface area (Å²) in [5, 5.41) is 1.09. The first-order valence-electron chi connectivity index (χ1n) is 6.80. The molecule has 0 spiro atoms. The molecule has 1 heterocycles. The van der Waals surface area contributed by atoms with Crippen LogP contribution in [0, 0.1) is 0 Å². The van der Waals surface area contributed by atoms with E-state index in [4.69, 9.17) is 10.7 Å². The molecule has 2 rings (SSSR count). The summed E-state index contributed by atoms with van der Waals surface area (Å²) >= 11 is 1.72. The molecule has 1 aromatic heterocycles. The second-order valence-electron chi connectivity index (χ2n) is 4.42. The molecule has 0 aliphatic rings. The monoisotopic (exact) mass is 275 g/mol. The molecule has 0 atom stereocenters. The standard InChI is InChI=1S/C15H21N3S/c1-3-10-18(4-2)15-17-14(13(11-16)19-15)12-8-6-5-7-9-12/h5-9H,3-4,10-11,16H2,1-2H3. The van der Waals surface area contributed by atoms with Crippen LogP contribution < -0.4 is 10.6 Å². The third-order valence-electron chi connectivity index (χ3n) is 3.06. The number of hydrogen-bond acceptors (Lipinski definition) is 4. The number of benzene rings is 1. The third-order valence-corrected chi connectivity index (χ3v) is 4.20. The molecule has 3 nitrogen and oxygen atoms in total. The predicted octanol–water partition coefficient (Wildman–Crippen LogP) is 3.51. The first kappa shape index (κ1) is 14.0. The maximum absolute atomic E-state index is 5.87. The van der Waals surface area contributed by atoms with E-state index < -0.39 is 0 Å². The number of nitrogens with two attached hydrogens (primary N) is 1. The van der Waals surface area contributed by atoms with Gasteiger partial charge in [-0.3, -0.25) is 0 Å². The minimum absolute atomic E-state index is 0.547. The Kier molecular flexibility index (Phi) is 4.93. The molecule has 1 aromatic carbocycles. The molecule has 0 aliphatic heterocycles. The zero-order valence-electron chi connectivity index (χ0n) is 11.6. The lowest BCUT2D eigenvalue weighted by atomic mass is 10.1. The summed E-state index contributed by atoms with van der Waals surface area (Å²) in [6, 6.07) is 10.3. The molecular weight excluding hydrogens is 254 g/mol. The molecule has 19 heavy (non-hydrogen) atoms. The van der Waals surface area contributed by atoms with Gasteiger partial charge in [-0.15, -0.1) is 0 Å². The number of anilines is 1. The lowest BCUT2D eigenvalue weighted by Crippen LogP contribution is -2.23. The fourth-order valence-corrected chi connectivity index (χ4v) is 3.14. The van der Waals surface area contributed by atoms with Gasteiger partial charge in [0.1, 0.15) is 0 Å². The van der Waals surface area contributed by atoms with Gasteiger partial charge in [0.2, 0.25) is 0 Å². The van der Waals surface area contributed by atoms with Crippen molar-refractivity contribution in [1.82, 2.24) is 4.98 Å². The van der Waals surface area contributed by atoms with Gasteiger partial charge in [-0.2, -0.15) is 0 Å². The maximum atomic E-state index is 5.87. The average Bonchev–Trinajstić information content (AvgIpc) is 2.89. The van der Waals surface area contributed by atoms with E-state index in [0.717, 1.165) is 40.8 Å². The van der Waals surface area contributed by atoms with Gasteiger partial charge < -0.3 is 10.6 Å². The van der Waals surface area contributed by atoms with E-state index in [1.54, 1.807) is 11.3 Å². The minimum atomic E-state index is 0.547. The van der Waals surface area contributed by atoms with Crippen LogP contribution in [-0.4, -0.2) is 18.1 Å². The van der Waals surface area contributed by atoms with Gasteiger partial charge in [-0.25, -0.2) is 4.98 Å². The van der Waals surface area contributed by atoms with E-state index in [1.807, 2.05) is 18.2 Å². The number of rotatable bonds is 6. The van der Waals surface area contributed by atoms with Crippen molar-refractivity contribution in [2.45, 2.75) is 26.8 Å². The molecule has 102 valence electrons. The molecule has 0 aliphatic carbocycles. The van der Waals surface area contributed by atoms with Crippen molar-refractivity contribution in [1.29, 1.82) is 0 Å².